The van der Waals surface area contributed by atoms with E-state index in [4.69, 9.17) is 5.11 Å². The van der Waals surface area contributed by atoms with Gasteiger partial charge in [0.05, 0.1) is 17.8 Å². The van der Waals surface area contributed by atoms with Gasteiger partial charge in [0.2, 0.25) is 6.41 Å². The summed E-state index contributed by atoms with van der Waals surface area (Å²) in [5, 5.41) is 11.0. The van der Waals surface area contributed by atoms with Crippen LogP contribution in [0.3, 0.4) is 0 Å². The average Bonchev–Trinajstić information content (AvgIpc) is 2.15. The van der Waals surface area contributed by atoms with Crippen LogP contribution in [0, 0.1) is 0 Å². The summed E-state index contributed by atoms with van der Waals surface area (Å²) in [6, 6.07) is 2.81. The lowest BCUT2D eigenvalue weighted by molar-refractivity contribution is -0.109. The Balaban J connectivity index is 2.79. The molecule has 0 fully saturated rings. The van der Waals surface area contributed by atoms with Crippen LogP contribution in [0.1, 0.15) is 16.1 Å². The number of carboxylic acid groups (broad SMARTS) is 1. The highest BCUT2D eigenvalue weighted by molar-refractivity contribution is 5.87. The van der Waals surface area contributed by atoms with Gasteiger partial charge < -0.3 is 10.4 Å². The molecule has 0 saturated heterocycles. The van der Waals surface area contributed by atoms with Gasteiger partial charge in [-0.25, -0.2) is 4.79 Å². The van der Waals surface area contributed by atoms with Gasteiger partial charge in [-0.1, -0.05) is 0 Å². The van der Waals surface area contributed by atoms with Crippen LogP contribution >= 0.6 is 0 Å². The summed E-state index contributed by atoms with van der Waals surface area (Å²) in [6.07, 6.45) is 1.93. The van der Waals surface area contributed by atoms with Gasteiger partial charge in [0.1, 0.15) is 0 Å². The molecule has 1 heterocycles. The molecule has 0 aromatic carbocycles. The third-order valence-electron chi connectivity index (χ3n) is 1.43. The minimum atomic E-state index is -1.00. The van der Waals surface area contributed by atoms with Crippen molar-refractivity contribution in [3.05, 3.63) is 29.6 Å². The normalized spacial score (nSPS) is 9.23. The SMILES string of the molecule is O=CNCc1cc(C(=O)O)ccn1. The summed E-state index contributed by atoms with van der Waals surface area (Å²) in [7, 11) is 0. The molecule has 0 aliphatic heterocycles. The van der Waals surface area contributed by atoms with Crippen molar-refractivity contribution >= 4 is 12.4 Å². The minimum Gasteiger partial charge on any atom is -0.478 e. The van der Waals surface area contributed by atoms with E-state index in [0.29, 0.717) is 12.1 Å². The molecule has 0 bridgehead atoms. The van der Waals surface area contributed by atoms with Crippen molar-refractivity contribution in [2.75, 3.05) is 0 Å². The molecule has 0 spiro atoms. The van der Waals surface area contributed by atoms with E-state index in [0.717, 1.165) is 0 Å². The van der Waals surface area contributed by atoms with E-state index in [1.54, 1.807) is 0 Å². The van der Waals surface area contributed by atoms with Gasteiger partial charge in [0.15, 0.2) is 0 Å². The number of carbonyl (C=O) groups excluding carboxylic acids is 1. The van der Waals surface area contributed by atoms with Gasteiger partial charge in [-0.3, -0.25) is 9.78 Å². The van der Waals surface area contributed by atoms with Crippen LogP contribution in [0.25, 0.3) is 0 Å². The van der Waals surface area contributed by atoms with Crippen LogP contribution in [0.5, 0.6) is 0 Å². The maximum absolute atomic E-state index is 10.5. The second-order valence-electron chi connectivity index (χ2n) is 2.34. The first-order valence-corrected chi connectivity index (χ1v) is 3.59. The Kier molecular flexibility index (Phi) is 2.97. The molecule has 0 atom stereocenters. The number of aromatic nitrogens is 1. The maximum atomic E-state index is 10.5. The van der Waals surface area contributed by atoms with Gasteiger partial charge in [-0.15, -0.1) is 0 Å². The first-order valence-electron chi connectivity index (χ1n) is 3.59. The molecule has 0 aliphatic carbocycles. The summed E-state index contributed by atoms with van der Waals surface area (Å²) in [6.45, 7) is 0.241. The van der Waals surface area contributed by atoms with E-state index in [9.17, 15) is 9.59 Å². The molecule has 0 saturated carbocycles. The van der Waals surface area contributed by atoms with Crippen molar-refractivity contribution in [1.29, 1.82) is 0 Å². The number of hydrogen-bond donors (Lipinski definition) is 2. The predicted octanol–water partition coefficient (Wildman–Crippen LogP) is 0.0258. The Labute approximate surface area is 74.4 Å². The molecule has 5 nitrogen and oxygen atoms in total. The van der Waals surface area contributed by atoms with E-state index >= 15 is 0 Å². The van der Waals surface area contributed by atoms with E-state index in [1.165, 1.54) is 18.3 Å². The van der Waals surface area contributed by atoms with Gasteiger partial charge in [0, 0.05) is 6.20 Å². The number of nitrogens with one attached hydrogen (secondary N) is 1. The second-order valence-corrected chi connectivity index (χ2v) is 2.34. The first kappa shape index (κ1) is 9.18. The number of nitrogens with zero attached hydrogens (tertiary/aromatic N) is 1. The summed E-state index contributed by atoms with van der Waals surface area (Å²) >= 11 is 0. The molecule has 1 aromatic heterocycles. The Hall–Kier alpha value is -1.91. The Bertz CT molecular complexity index is 325. The standard InChI is InChI=1S/C8H8N2O3/c11-5-9-4-7-3-6(8(12)13)1-2-10-7/h1-3,5H,4H2,(H,9,11)(H,12,13). The summed E-state index contributed by atoms with van der Waals surface area (Å²) in [4.78, 5) is 24.3. The Morgan fingerprint density at radius 3 is 3.08 bits per heavy atom. The molecule has 13 heavy (non-hydrogen) atoms. The Morgan fingerprint density at radius 1 is 1.69 bits per heavy atom. The van der Waals surface area contributed by atoms with Gasteiger partial charge in [-0.2, -0.15) is 0 Å². The van der Waals surface area contributed by atoms with Crippen LogP contribution in [-0.2, 0) is 11.3 Å². The quantitative estimate of drug-likeness (QED) is 0.640. The molecule has 0 aliphatic rings. The Morgan fingerprint density at radius 2 is 2.46 bits per heavy atom. The predicted molar refractivity (Wildman–Crippen MR) is 44.1 cm³/mol. The monoisotopic (exact) mass is 180 g/mol. The van der Waals surface area contributed by atoms with Crippen molar-refractivity contribution in [2.45, 2.75) is 6.54 Å². The smallest absolute Gasteiger partial charge is 0.335 e. The third kappa shape index (κ3) is 2.55. The van der Waals surface area contributed by atoms with Crippen LogP contribution < -0.4 is 5.32 Å². The number of aromatic carboxylic acids is 1. The molecular formula is C8H8N2O3. The summed E-state index contributed by atoms with van der Waals surface area (Å²) in [5.74, 6) is -1.00. The zero-order chi connectivity index (χ0) is 9.68. The van der Waals surface area contributed by atoms with Crippen LogP contribution in [0.15, 0.2) is 18.3 Å². The highest BCUT2D eigenvalue weighted by Gasteiger charge is 2.02. The van der Waals surface area contributed by atoms with E-state index in [1.807, 2.05) is 0 Å². The van der Waals surface area contributed by atoms with Crippen molar-refractivity contribution in [3.63, 3.8) is 0 Å². The topological polar surface area (TPSA) is 79.3 Å². The van der Waals surface area contributed by atoms with Crippen LogP contribution in [-0.4, -0.2) is 22.5 Å². The van der Waals surface area contributed by atoms with E-state index in [2.05, 4.69) is 10.3 Å². The average molecular weight is 180 g/mol. The number of rotatable bonds is 4. The van der Waals surface area contributed by atoms with Crippen molar-refractivity contribution in [3.8, 4) is 0 Å². The lowest BCUT2D eigenvalue weighted by atomic mass is 10.2. The summed E-state index contributed by atoms with van der Waals surface area (Å²) in [5.41, 5.74) is 0.685. The van der Waals surface area contributed by atoms with Gasteiger partial charge in [-0.05, 0) is 12.1 Å². The summed E-state index contributed by atoms with van der Waals surface area (Å²) < 4.78 is 0. The zero-order valence-electron chi connectivity index (χ0n) is 6.73. The van der Waals surface area contributed by atoms with E-state index < -0.39 is 5.97 Å². The number of carbonyl (C=O) groups is 2. The molecule has 1 amide bonds. The molecule has 2 N–H and O–H groups in total. The number of amides is 1. The van der Waals surface area contributed by atoms with E-state index in [-0.39, 0.29) is 12.1 Å². The molecule has 1 aromatic rings. The second kappa shape index (κ2) is 4.20. The fourth-order valence-corrected chi connectivity index (χ4v) is 0.854. The van der Waals surface area contributed by atoms with Crippen molar-refractivity contribution in [2.24, 2.45) is 0 Å². The first-order chi connectivity index (χ1) is 6.24. The lowest BCUT2D eigenvalue weighted by Crippen LogP contribution is -2.11. The number of carboxylic acids is 1. The van der Waals surface area contributed by atoms with Gasteiger partial charge >= 0.3 is 5.97 Å². The fraction of sp³-hybridized carbons (Fsp3) is 0.125. The van der Waals surface area contributed by atoms with Crippen LogP contribution in [0.4, 0.5) is 0 Å². The highest BCUT2D eigenvalue weighted by atomic mass is 16.4. The molecule has 1 rings (SSSR count). The maximum Gasteiger partial charge on any atom is 0.335 e. The third-order valence-corrected chi connectivity index (χ3v) is 1.43. The van der Waals surface area contributed by atoms with Crippen molar-refractivity contribution < 1.29 is 14.7 Å². The fourth-order valence-electron chi connectivity index (χ4n) is 0.854. The molecule has 5 heteroatoms. The number of pyridine rings is 1. The molecule has 0 radical (unpaired) electrons. The van der Waals surface area contributed by atoms with Crippen LogP contribution in [0.2, 0.25) is 0 Å². The lowest BCUT2D eigenvalue weighted by Gasteiger charge is -1.99. The highest BCUT2D eigenvalue weighted by Crippen LogP contribution is 2.00. The van der Waals surface area contributed by atoms with Crippen molar-refractivity contribution in [1.82, 2.24) is 10.3 Å². The number of hydrogen-bond acceptors (Lipinski definition) is 3. The molecule has 68 valence electrons. The molecular weight excluding hydrogens is 172 g/mol. The minimum absolute atomic E-state index is 0.165. The van der Waals surface area contributed by atoms with Gasteiger partial charge in [0.25, 0.3) is 0 Å². The molecule has 0 unspecified atom stereocenters. The largest absolute Gasteiger partial charge is 0.478 e. The zero-order valence-corrected chi connectivity index (χ0v) is 6.73.